The summed E-state index contributed by atoms with van der Waals surface area (Å²) in [6.45, 7) is 5.20. The highest BCUT2D eigenvalue weighted by Gasteiger charge is 2.18. The Labute approximate surface area is 146 Å². The summed E-state index contributed by atoms with van der Waals surface area (Å²) in [6.07, 6.45) is 3.82. The molecule has 6 nitrogen and oxygen atoms in total. The summed E-state index contributed by atoms with van der Waals surface area (Å²) in [5.41, 5.74) is 2.17. The van der Waals surface area contributed by atoms with E-state index in [1.54, 1.807) is 12.1 Å². The molecule has 0 aromatic carbocycles. The van der Waals surface area contributed by atoms with Gasteiger partial charge in [-0.05, 0) is 51.9 Å². The molecule has 0 bridgehead atoms. The highest BCUT2D eigenvalue weighted by molar-refractivity contribution is 5.38. The summed E-state index contributed by atoms with van der Waals surface area (Å²) >= 11 is 0. The van der Waals surface area contributed by atoms with Crippen LogP contribution in [-0.4, -0.2) is 40.8 Å². The molecular weight excluding hydrogens is 323 g/mol. The van der Waals surface area contributed by atoms with Crippen LogP contribution in [0.15, 0.2) is 18.5 Å². The molecule has 134 valence electrons. The Kier molecular flexibility index (Phi) is 5.75. The molecule has 2 aromatic rings. The van der Waals surface area contributed by atoms with Crippen LogP contribution in [0.2, 0.25) is 0 Å². The van der Waals surface area contributed by atoms with Gasteiger partial charge < -0.3 is 14.8 Å². The largest absolute Gasteiger partial charge is 0.474 e. The van der Waals surface area contributed by atoms with Crippen molar-refractivity contribution in [3.8, 4) is 17.5 Å². The molecular formula is C18H23FN4O2. The Morgan fingerprint density at radius 3 is 2.64 bits per heavy atom. The molecule has 1 aliphatic rings. The molecule has 0 saturated carbocycles. The number of alkyl halides is 1. The number of ether oxygens (including phenoxy) is 2. The fourth-order valence-corrected chi connectivity index (χ4v) is 2.76. The maximum Gasteiger partial charge on any atom is 0.229 e. The van der Waals surface area contributed by atoms with Crippen LogP contribution in [-0.2, 0) is 6.42 Å². The zero-order chi connectivity index (χ0) is 17.6. The van der Waals surface area contributed by atoms with Gasteiger partial charge in [0.25, 0.3) is 0 Å². The fourth-order valence-electron chi connectivity index (χ4n) is 2.76. The van der Waals surface area contributed by atoms with E-state index in [0.717, 1.165) is 31.5 Å². The Hall–Kier alpha value is -2.28. The lowest BCUT2D eigenvalue weighted by Crippen LogP contribution is -2.34. The summed E-state index contributed by atoms with van der Waals surface area (Å²) in [7, 11) is 0. The molecule has 0 atom stereocenters. The fraction of sp³-hybridized carbons (Fsp3) is 0.500. The Morgan fingerprint density at radius 1 is 1.16 bits per heavy atom. The first-order valence-electron chi connectivity index (χ1n) is 8.56. The standard InChI is InChI=1S/C18H23FN4O2/c1-12-17(24-15-6-9-20-10-7-15)21-11-22-18(12)25-16-4-3-14(5-8-19)23-13(16)2/h3-4,11,15,20H,5-10H2,1-2H3. The number of halogens is 1. The summed E-state index contributed by atoms with van der Waals surface area (Å²) < 4.78 is 24.4. The molecule has 3 rings (SSSR count). The van der Waals surface area contributed by atoms with Crippen LogP contribution >= 0.6 is 0 Å². The number of nitrogens with zero attached hydrogens (tertiary/aromatic N) is 3. The van der Waals surface area contributed by atoms with Gasteiger partial charge in [-0.1, -0.05) is 0 Å². The second kappa shape index (κ2) is 8.20. The van der Waals surface area contributed by atoms with Crippen molar-refractivity contribution >= 4 is 0 Å². The molecule has 2 aromatic heterocycles. The van der Waals surface area contributed by atoms with E-state index < -0.39 is 6.67 Å². The number of aromatic nitrogens is 3. The average Bonchev–Trinajstić information content (AvgIpc) is 2.62. The number of pyridine rings is 1. The van der Waals surface area contributed by atoms with Crippen LogP contribution in [0.1, 0.15) is 29.8 Å². The molecule has 1 aliphatic heterocycles. The first-order valence-corrected chi connectivity index (χ1v) is 8.56. The molecule has 25 heavy (non-hydrogen) atoms. The van der Waals surface area contributed by atoms with E-state index in [1.165, 1.54) is 6.33 Å². The van der Waals surface area contributed by atoms with E-state index in [9.17, 15) is 4.39 Å². The number of rotatable bonds is 6. The van der Waals surface area contributed by atoms with E-state index in [4.69, 9.17) is 9.47 Å². The molecule has 0 spiro atoms. The zero-order valence-corrected chi connectivity index (χ0v) is 14.6. The summed E-state index contributed by atoms with van der Waals surface area (Å²) in [4.78, 5) is 12.8. The number of hydrogen-bond donors (Lipinski definition) is 1. The molecule has 1 saturated heterocycles. The summed E-state index contributed by atoms with van der Waals surface area (Å²) in [5, 5.41) is 3.31. The molecule has 7 heteroatoms. The van der Waals surface area contributed by atoms with Gasteiger partial charge in [0, 0.05) is 12.1 Å². The van der Waals surface area contributed by atoms with Crippen molar-refractivity contribution in [3.63, 3.8) is 0 Å². The van der Waals surface area contributed by atoms with E-state index >= 15 is 0 Å². The predicted octanol–water partition coefficient (Wildman–Crippen LogP) is 2.92. The normalized spacial score (nSPS) is 15.2. The van der Waals surface area contributed by atoms with Crippen LogP contribution in [0.4, 0.5) is 4.39 Å². The van der Waals surface area contributed by atoms with Gasteiger partial charge in [0.15, 0.2) is 5.75 Å². The van der Waals surface area contributed by atoms with Crippen molar-refractivity contribution < 1.29 is 13.9 Å². The third-order valence-electron chi connectivity index (χ3n) is 4.21. The van der Waals surface area contributed by atoms with Gasteiger partial charge in [0.1, 0.15) is 12.4 Å². The van der Waals surface area contributed by atoms with Crippen molar-refractivity contribution in [1.82, 2.24) is 20.3 Å². The smallest absolute Gasteiger partial charge is 0.229 e. The minimum atomic E-state index is -0.422. The number of nitrogens with one attached hydrogen (secondary N) is 1. The lowest BCUT2D eigenvalue weighted by atomic mass is 10.1. The third kappa shape index (κ3) is 4.42. The van der Waals surface area contributed by atoms with Crippen LogP contribution in [0.25, 0.3) is 0 Å². The first kappa shape index (κ1) is 17.5. The van der Waals surface area contributed by atoms with Gasteiger partial charge >= 0.3 is 0 Å². The van der Waals surface area contributed by atoms with Gasteiger partial charge in [-0.25, -0.2) is 9.97 Å². The van der Waals surface area contributed by atoms with Crippen LogP contribution in [0.3, 0.4) is 0 Å². The lowest BCUT2D eigenvalue weighted by molar-refractivity contribution is 0.154. The van der Waals surface area contributed by atoms with Crippen molar-refractivity contribution in [3.05, 3.63) is 35.4 Å². The van der Waals surface area contributed by atoms with Crippen molar-refractivity contribution in [2.24, 2.45) is 0 Å². The van der Waals surface area contributed by atoms with Gasteiger partial charge in [-0.15, -0.1) is 0 Å². The Bertz CT molecular complexity index is 720. The predicted molar refractivity (Wildman–Crippen MR) is 92.0 cm³/mol. The molecule has 0 amide bonds. The zero-order valence-electron chi connectivity index (χ0n) is 14.6. The quantitative estimate of drug-likeness (QED) is 0.867. The Balaban J connectivity index is 1.75. The molecule has 3 heterocycles. The molecule has 0 aliphatic carbocycles. The highest BCUT2D eigenvalue weighted by Crippen LogP contribution is 2.29. The topological polar surface area (TPSA) is 69.2 Å². The van der Waals surface area contributed by atoms with Gasteiger partial charge in [-0.2, -0.15) is 0 Å². The second-order valence-electron chi connectivity index (χ2n) is 6.10. The SMILES string of the molecule is Cc1nc(CCF)ccc1Oc1ncnc(OC2CCNCC2)c1C. The van der Waals surface area contributed by atoms with Crippen molar-refractivity contribution in [1.29, 1.82) is 0 Å². The molecule has 0 unspecified atom stereocenters. The van der Waals surface area contributed by atoms with E-state index in [2.05, 4.69) is 20.3 Å². The molecule has 0 radical (unpaired) electrons. The Morgan fingerprint density at radius 2 is 1.92 bits per heavy atom. The lowest BCUT2D eigenvalue weighted by Gasteiger charge is -2.24. The number of hydrogen-bond acceptors (Lipinski definition) is 6. The summed E-state index contributed by atoms with van der Waals surface area (Å²) in [6, 6.07) is 3.56. The average molecular weight is 346 g/mol. The van der Waals surface area contributed by atoms with Crippen molar-refractivity contribution in [2.45, 2.75) is 39.2 Å². The van der Waals surface area contributed by atoms with Crippen LogP contribution in [0.5, 0.6) is 17.5 Å². The van der Waals surface area contributed by atoms with E-state index in [1.807, 2.05) is 13.8 Å². The van der Waals surface area contributed by atoms with E-state index in [0.29, 0.717) is 35.3 Å². The highest BCUT2D eigenvalue weighted by atomic mass is 19.1. The van der Waals surface area contributed by atoms with E-state index in [-0.39, 0.29) is 6.10 Å². The minimum Gasteiger partial charge on any atom is -0.474 e. The van der Waals surface area contributed by atoms with Gasteiger partial charge in [-0.3, -0.25) is 9.37 Å². The number of aryl methyl sites for hydroxylation is 2. The van der Waals surface area contributed by atoms with Crippen LogP contribution < -0.4 is 14.8 Å². The monoisotopic (exact) mass is 346 g/mol. The van der Waals surface area contributed by atoms with Crippen molar-refractivity contribution in [2.75, 3.05) is 19.8 Å². The minimum absolute atomic E-state index is 0.158. The van der Waals surface area contributed by atoms with Gasteiger partial charge in [0.2, 0.25) is 11.8 Å². The number of piperidine rings is 1. The maximum absolute atomic E-state index is 12.4. The third-order valence-corrected chi connectivity index (χ3v) is 4.21. The molecule has 1 N–H and O–H groups in total. The van der Waals surface area contributed by atoms with Gasteiger partial charge in [0.05, 0.1) is 17.9 Å². The first-order chi connectivity index (χ1) is 12.2. The van der Waals surface area contributed by atoms with Crippen LogP contribution in [0, 0.1) is 13.8 Å². The second-order valence-corrected chi connectivity index (χ2v) is 6.10. The summed E-state index contributed by atoms with van der Waals surface area (Å²) in [5.74, 6) is 1.59. The maximum atomic E-state index is 12.4. The molecule has 1 fully saturated rings.